The van der Waals surface area contributed by atoms with Crippen molar-refractivity contribution in [3.05, 3.63) is 53.6 Å². The van der Waals surface area contributed by atoms with Gasteiger partial charge in [0.25, 0.3) is 0 Å². The van der Waals surface area contributed by atoms with Crippen LogP contribution >= 0.6 is 0 Å². The molecule has 1 saturated carbocycles. The van der Waals surface area contributed by atoms with Crippen LogP contribution in [0.4, 0.5) is 18.9 Å². The minimum absolute atomic E-state index is 0.0309. The van der Waals surface area contributed by atoms with Gasteiger partial charge in [-0.2, -0.15) is 13.2 Å². The molecule has 1 aliphatic carbocycles. The lowest BCUT2D eigenvalue weighted by Gasteiger charge is -2.33. The van der Waals surface area contributed by atoms with Crippen molar-refractivity contribution < 1.29 is 18.0 Å². The number of pyridine rings is 2. The number of amides is 1. The summed E-state index contributed by atoms with van der Waals surface area (Å²) >= 11 is 0. The van der Waals surface area contributed by atoms with Crippen LogP contribution in [-0.4, -0.2) is 45.9 Å². The Morgan fingerprint density at radius 2 is 1.94 bits per heavy atom. The summed E-state index contributed by atoms with van der Waals surface area (Å²) in [6.07, 6.45) is 6.90. The summed E-state index contributed by atoms with van der Waals surface area (Å²) < 4.78 is 39.0. The zero-order chi connectivity index (χ0) is 24.4. The fraction of sp³-hybridized carbons (Fsp3) is 0.560. The van der Waals surface area contributed by atoms with E-state index in [2.05, 4.69) is 37.1 Å². The van der Waals surface area contributed by atoms with E-state index in [9.17, 15) is 18.0 Å². The van der Waals surface area contributed by atoms with E-state index in [1.54, 1.807) is 0 Å². The van der Waals surface area contributed by atoms with Gasteiger partial charge in [0.05, 0.1) is 0 Å². The minimum atomic E-state index is -4.56. The fourth-order valence-corrected chi connectivity index (χ4v) is 5.70. The van der Waals surface area contributed by atoms with Crippen LogP contribution in [0.5, 0.6) is 0 Å². The molecule has 1 amide bonds. The number of halogens is 3. The summed E-state index contributed by atoms with van der Waals surface area (Å²) in [5.74, 6) is -0.0230. The number of hydrogen-bond acceptors (Lipinski definition) is 6. The number of likely N-dealkylation sites (tertiary alicyclic amines) is 1. The summed E-state index contributed by atoms with van der Waals surface area (Å²) in [4.78, 5) is 23.4. The second-order valence-corrected chi connectivity index (χ2v) is 9.93. The van der Waals surface area contributed by atoms with Crippen molar-refractivity contribution in [2.75, 3.05) is 18.4 Å². The lowest BCUT2D eigenvalue weighted by molar-refractivity contribution is -0.141. The Bertz CT molecular complexity index is 1040. The van der Waals surface area contributed by atoms with Crippen molar-refractivity contribution in [2.45, 2.75) is 69.2 Å². The van der Waals surface area contributed by atoms with Crippen molar-refractivity contribution in [1.82, 2.24) is 25.7 Å². The number of hydrazine groups is 1. The maximum absolute atomic E-state index is 13.0. The summed E-state index contributed by atoms with van der Waals surface area (Å²) in [5.41, 5.74) is 7.79. The smallest absolute Gasteiger partial charge is 0.325 e. The molecule has 0 aromatic carbocycles. The van der Waals surface area contributed by atoms with Crippen molar-refractivity contribution in [1.29, 1.82) is 0 Å². The van der Waals surface area contributed by atoms with Gasteiger partial charge >= 0.3 is 6.18 Å². The Morgan fingerprint density at radius 1 is 1.11 bits per heavy atom. The van der Waals surface area contributed by atoms with Crippen molar-refractivity contribution in [3.63, 3.8) is 0 Å². The molecule has 0 spiro atoms. The molecule has 188 valence electrons. The maximum Gasteiger partial charge on any atom is 0.433 e. The Morgan fingerprint density at radius 3 is 2.74 bits per heavy atom. The van der Waals surface area contributed by atoms with E-state index in [0.717, 1.165) is 51.2 Å². The molecule has 0 bridgehead atoms. The van der Waals surface area contributed by atoms with Gasteiger partial charge in [-0.1, -0.05) is 12.5 Å². The quantitative estimate of drug-likeness (QED) is 0.593. The second kappa shape index (κ2) is 10.2. The van der Waals surface area contributed by atoms with Crippen LogP contribution in [0.2, 0.25) is 0 Å². The SMILES string of the molecule is O=C(Nc1ccnc(C(F)(F)F)c1)C1NNC2CCC(c3cncc(CN4CCCCC4)c3)CC21. The average molecular weight is 489 g/mol. The predicted octanol–water partition coefficient (Wildman–Crippen LogP) is 3.85. The number of aromatic nitrogens is 2. The Hall–Kier alpha value is -2.56. The van der Waals surface area contributed by atoms with Gasteiger partial charge in [-0.15, -0.1) is 0 Å². The molecule has 2 aliphatic heterocycles. The van der Waals surface area contributed by atoms with Gasteiger partial charge in [-0.05, 0) is 74.4 Å². The number of nitrogens with one attached hydrogen (secondary N) is 3. The van der Waals surface area contributed by atoms with Gasteiger partial charge in [0, 0.05) is 42.8 Å². The van der Waals surface area contributed by atoms with E-state index in [0.29, 0.717) is 5.92 Å². The van der Waals surface area contributed by atoms with E-state index in [-0.39, 0.29) is 23.6 Å². The number of carbonyl (C=O) groups excluding carboxylic acids is 1. The standard InChI is InChI=1S/C25H31F3N6O/c26-25(27,28)22-12-19(6-7-30-22)31-24(35)23-20-11-17(4-5-21(20)32-33-23)18-10-16(13-29-14-18)15-34-8-2-1-3-9-34/h6-7,10,12-14,17,20-21,23,32-33H,1-5,8-9,11,15H2,(H,30,31,35). The number of rotatable bonds is 5. The highest BCUT2D eigenvalue weighted by Crippen LogP contribution is 2.40. The molecular formula is C25H31F3N6O. The van der Waals surface area contributed by atoms with Gasteiger partial charge < -0.3 is 5.32 Å². The fourth-order valence-electron chi connectivity index (χ4n) is 5.70. The van der Waals surface area contributed by atoms with Crippen LogP contribution in [0.15, 0.2) is 36.8 Å². The molecule has 4 unspecified atom stereocenters. The first-order valence-electron chi connectivity index (χ1n) is 12.4. The largest absolute Gasteiger partial charge is 0.433 e. The Kier molecular flexibility index (Phi) is 7.04. The maximum atomic E-state index is 13.0. The summed E-state index contributed by atoms with van der Waals surface area (Å²) in [5, 5.41) is 2.64. The molecule has 2 saturated heterocycles. The number of anilines is 1. The normalized spacial score (nSPS) is 27.4. The molecule has 3 aliphatic rings. The molecule has 4 atom stereocenters. The van der Waals surface area contributed by atoms with Crippen molar-refractivity contribution in [2.24, 2.45) is 5.92 Å². The van der Waals surface area contributed by atoms with Crippen LogP contribution in [0.25, 0.3) is 0 Å². The van der Waals surface area contributed by atoms with E-state index in [4.69, 9.17) is 0 Å². The van der Waals surface area contributed by atoms with Crippen LogP contribution in [0.3, 0.4) is 0 Å². The van der Waals surface area contributed by atoms with Crippen LogP contribution in [-0.2, 0) is 17.5 Å². The van der Waals surface area contributed by atoms with E-state index < -0.39 is 17.9 Å². The highest BCUT2D eigenvalue weighted by Gasteiger charge is 2.44. The van der Waals surface area contributed by atoms with Crippen molar-refractivity contribution in [3.8, 4) is 0 Å². The molecule has 3 fully saturated rings. The van der Waals surface area contributed by atoms with Crippen LogP contribution in [0.1, 0.15) is 61.3 Å². The lowest BCUT2D eigenvalue weighted by Crippen LogP contribution is -2.42. The van der Waals surface area contributed by atoms with Gasteiger partial charge in [0.2, 0.25) is 5.91 Å². The zero-order valence-electron chi connectivity index (χ0n) is 19.5. The molecule has 2 aromatic heterocycles. The van der Waals surface area contributed by atoms with Gasteiger partial charge in [0.15, 0.2) is 0 Å². The number of fused-ring (bicyclic) bond motifs is 1. The van der Waals surface area contributed by atoms with Crippen molar-refractivity contribution >= 4 is 11.6 Å². The Balaban J connectivity index is 1.25. The van der Waals surface area contributed by atoms with Crippen LogP contribution in [0, 0.1) is 5.92 Å². The molecule has 35 heavy (non-hydrogen) atoms. The topological polar surface area (TPSA) is 82.2 Å². The first-order valence-corrected chi connectivity index (χ1v) is 12.4. The minimum Gasteiger partial charge on any atom is -0.325 e. The third kappa shape index (κ3) is 5.65. The number of nitrogens with zero attached hydrogens (tertiary/aromatic N) is 3. The molecule has 2 aromatic rings. The number of carbonyl (C=O) groups is 1. The Labute approximate surface area is 202 Å². The average Bonchev–Trinajstić information content (AvgIpc) is 3.28. The molecule has 10 heteroatoms. The first-order chi connectivity index (χ1) is 16.9. The lowest BCUT2D eigenvalue weighted by atomic mass is 9.73. The molecule has 5 rings (SSSR count). The highest BCUT2D eigenvalue weighted by molar-refractivity contribution is 5.95. The second-order valence-electron chi connectivity index (χ2n) is 9.93. The summed E-state index contributed by atoms with van der Waals surface area (Å²) in [6, 6.07) is 4.11. The van der Waals surface area contributed by atoms with Gasteiger partial charge in [-0.25, -0.2) is 5.43 Å². The number of piperidine rings is 1. The zero-order valence-corrected chi connectivity index (χ0v) is 19.5. The van der Waals surface area contributed by atoms with E-state index >= 15 is 0 Å². The monoisotopic (exact) mass is 488 g/mol. The first kappa shape index (κ1) is 24.1. The molecule has 4 heterocycles. The highest BCUT2D eigenvalue weighted by atomic mass is 19.4. The number of alkyl halides is 3. The molecule has 0 radical (unpaired) electrons. The van der Waals surface area contributed by atoms with Gasteiger partial charge in [0.1, 0.15) is 11.7 Å². The summed E-state index contributed by atoms with van der Waals surface area (Å²) in [6.45, 7) is 3.18. The predicted molar refractivity (Wildman–Crippen MR) is 125 cm³/mol. The molecule has 3 N–H and O–H groups in total. The van der Waals surface area contributed by atoms with E-state index in [1.807, 2.05) is 12.4 Å². The molecular weight excluding hydrogens is 457 g/mol. The molecule has 7 nitrogen and oxygen atoms in total. The number of hydrogen-bond donors (Lipinski definition) is 3. The third-order valence-corrected chi connectivity index (χ3v) is 7.49. The van der Waals surface area contributed by atoms with E-state index in [1.165, 1.54) is 36.5 Å². The van der Waals surface area contributed by atoms with Crippen LogP contribution < -0.4 is 16.2 Å². The van der Waals surface area contributed by atoms with Gasteiger partial charge in [-0.3, -0.25) is 25.1 Å². The summed E-state index contributed by atoms with van der Waals surface area (Å²) in [7, 11) is 0. The third-order valence-electron chi connectivity index (χ3n) is 7.49.